The Bertz CT molecular complexity index is 2030. The lowest BCUT2D eigenvalue weighted by Gasteiger charge is -2.40. The van der Waals surface area contributed by atoms with Crippen LogP contribution in [-0.4, -0.2) is 98.8 Å². The molecule has 3 aromatic carbocycles. The van der Waals surface area contributed by atoms with Gasteiger partial charge in [0.1, 0.15) is 41.4 Å². The highest BCUT2D eigenvalue weighted by Crippen LogP contribution is 2.42. The number of fused-ring (bicyclic) bond motifs is 1. The van der Waals surface area contributed by atoms with E-state index in [0.717, 1.165) is 24.3 Å². The van der Waals surface area contributed by atoms with Crippen molar-refractivity contribution < 1.29 is 48.3 Å². The third kappa shape index (κ3) is 6.79. The Morgan fingerprint density at radius 3 is 2.38 bits per heavy atom. The number of nitrogens with one attached hydrogen (secondary N) is 4. The highest BCUT2D eigenvalue weighted by atomic mass is 32.2. The number of hydrogen-bond donors (Lipinski definition) is 11. The number of aromatic hydroxyl groups is 2. The summed E-state index contributed by atoms with van der Waals surface area (Å²) in [6, 6.07) is 8.79. The number of aromatic amines is 1. The summed E-state index contributed by atoms with van der Waals surface area (Å²) >= 11 is 0. The van der Waals surface area contributed by atoms with E-state index in [2.05, 4.69) is 20.6 Å². The van der Waals surface area contributed by atoms with Crippen LogP contribution in [0.3, 0.4) is 0 Å². The summed E-state index contributed by atoms with van der Waals surface area (Å²) in [4.78, 5) is 33.2. The highest BCUT2D eigenvalue weighted by Gasteiger charge is 2.43. The molecule has 13 N–H and O–H groups in total. The number of nitrogens with zero attached hydrogens (tertiary/aromatic N) is 1. The quantitative estimate of drug-likeness (QED) is 0.0771. The van der Waals surface area contributed by atoms with E-state index in [1.54, 1.807) is 25.1 Å². The number of carbonyl (C=O) groups is 2. The van der Waals surface area contributed by atoms with Gasteiger partial charge in [-0.1, -0.05) is 6.92 Å². The van der Waals surface area contributed by atoms with Crippen LogP contribution in [-0.2, 0) is 19.6 Å². The van der Waals surface area contributed by atoms with Crippen LogP contribution in [0.25, 0.3) is 33.5 Å². The summed E-state index contributed by atoms with van der Waals surface area (Å²) < 4.78 is 29.4. The standard InChI is InChI=1S/C30H33N7O10S/c1-2-21-25(41)26(42)23(30(44)47-21)37-22(39)11-34-29(43)13-7-16(15-10-14(48(33,45)46)4-6-20(15)38)24(40)17(8-13)28-35-18-5-3-12(27(31)32)9-19(18)36-28/h3-10,21,23,25-26,30,38,40-42,44H,2,11H2,1H3,(H3,31,32)(H,34,43)(H,35,36)(H,37,39)(H2,33,45,46). The fraction of sp³-hybridized carbons (Fsp3) is 0.267. The summed E-state index contributed by atoms with van der Waals surface area (Å²) in [5.41, 5.74) is 6.19. The molecule has 0 bridgehead atoms. The van der Waals surface area contributed by atoms with Crippen molar-refractivity contribution in [3.63, 3.8) is 0 Å². The van der Waals surface area contributed by atoms with Crippen molar-refractivity contribution in [3.8, 4) is 34.0 Å². The molecule has 17 nitrogen and oxygen atoms in total. The minimum absolute atomic E-state index is 0.0446. The second-order valence-corrected chi connectivity index (χ2v) is 12.7. The van der Waals surface area contributed by atoms with Gasteiger partial charge in [0.05, 0.1) is 34.1 Å². The van der Waals surface area contributed by atoms with E-state index in [1.165, 1.54) is 6.07 Å². The van der Waals surface area contributed by atoms with Gasteiger partial charge in [-0.05, 0) is 55.0 Å². The minimum Gasteiger partial charge on any atom is -0.507 e. The number of amides is 2. The predicted octanol–water partition coefficient (Wildman–Crippen LogP) is -0.697. The van der Waals surface area contributed by atoms with Crippen molar-refractivity contribution in [2.45, 2.75) is 48.9 Å². The normalized spacial score (nSPS) is 21.1. The van der Waals surface area contributed by atoms with Crippen molar-refractivity contribution in [1.82, 2.24) is 20.6 Å². The van der Waals surface area contributed by atoms with Gasteiger partial charge in [-0.25, -0.2) is 18.5 Å². The summed E-state index contributed by atoms with van der Waals surface area (Å²) in [6.07, 6.45) is -5.14. The molecule has 1 saturated heterocycles. The summed E-state index contributed by atoms with van der Waals surface area (Å²) in [6.45, 7) is 1.01. The second kappa shape index (κ2) is 13.2. The zero-order chi connectivity index (χ0) is 35.1. The van der Waals surface area contributed by atoms with Gasteiger partial charge in [0.2, 0.25) is 15.9 Å². The SMILES string of the molecule is CCC1OC(O)C(NC(=O)CNC(=O)c2cc(-c3nc4ccc(C(=N)N)cc4[nH]3)c(O)c(-c3cc(S(N)(=O)=O)ccc3O)c2)C(O)C1O. The summed E-state index contributed by atoms with van der Waals surface area (Å²) in [5.74, 6) is -2.85. The Balaban J connectivity index is 1.50. The van der Waals surface area contributed by atoms with Crippen LogP contribution >= 0.6 is 0 Å². The molecule has 0 radical (unpaired) electrons. The monoisotopic (exact) mass is 683 g/mol. The number of aliphatic hydroxyl groups excluding tert-OH is 3. The molecule has 0 spiro atoms. The lowest BCUT2D eigenvalue weighted by molar-refractivity contribution is -0.247. The number of nitrogens with two attached hydrogens (primary N) is 2. The number of sulfonamides is 1. The molecule has 2 heterocycles. The van der Waals surface area contributed by atoms with Crippen molar-refractivity contribution in [2.75, 3.05) is 6.54 Å². The van der Waals surface area contributed by atoms with E-state index < -0.39 is 75.4 Å². The molecule has 1 fully saturated rings. The van der Waals surface area contributed by atoms with E-state index in [0.29, 0.717) is 23.0 Å². The molecule has 18 heteroatoms. The lowest BCUT2D eigenvalue weighted by atomic mass is 9.95. The third-order valence-electron chi connectivity index (χ3n) is 7.87. The van der Waals surface area contributed by atoms with Gasteiger partial charge < -0.3 is 51.6 Å². The number of imidazole rings is 1. The van der Waals surface area contributed by atoms with Crippen molar-refractivity contribution in [2.24, 2.45) is 10.9 Å². The number of ether oxygens (including phenoxy) is 1. The molecule has 5 atom stereocenters. The van der Waals surface area contributed by atoms with Crippen LogP contribution < -0.4 is 21.5 Å². The van der Waals surface area contributed by atoms with Gasteiger partial charge in [0, 0.05) is 22.3 Å². The molecule has 2 amide bonds. The van der Waals surface area contributed by atoms with Gasteiger partial charge >= 0.3 is 0 Å². The number of hydrogen-bond acceptors (Lipinski definition) is 12. The minimum atomic E-state index is -4.25. The smallest absolute Gasteiger partial charge is 0.251 e. The number of rotatable bonds is 9. The number of H-pyrrole nitrogens is 1. The fourth-order valence-corrected chi connectivity index (χ4v) is 5.84. The highest BCUT2D eigenvalue weighted by molar-refractivity contribution is 7.89. The predicted molar refractivity (Wildman–Crippen MR) is 170 cm³/mol. The molecular formula is C30H33N7O10S. The Morgan fingerprint density at radius 2 is 1.71 bits per heavy atom. The Hall–Kier alpha value is -5.11. The molecule has 5 rings (SSSR count). The molecule has 1 aromatic heterocycles. The number of primary sulfonamides is 1. The summed E-state index contributed by atoms with van der Waals surface area (Å²) in [7, 11) is -4.25. The van der Waals surface area contributed by atoms with Crippen LogP contribution in [0.2, 0.25) is 0 Å². The number of phenolic OH excluding ortho intramolecular Hbond substituents is 2. The first-order valence-corrected chi connectivity index (χ1v) is 16.0. The molecule has 0 saturated carbocycles. The Labute approximate surface area is 272 Å². The maximum atomic E-state index is 13.4. The van der Waals surface area contributed by atoms with Crippen LogP contribution in [0, 0.1) is 5.41 Å². The van der Waals surface area contributed by atoms with Gasteiger partial charge in [-0.3, -0.25) is 15.0 Å². The maximum absolute atomic E-state index is 13.4. The first-order valence-electron chi connectivity index (χ1n) is 14.4. The van der Waals surface area contributed by atoms with E-state index in [-0.39, 0.29) is 33.9 Å². The number of benzene rings is 3. The second-order valence-electron chi connectivity index (χ2n) is 11.1. The van der Waals surface area contributed by atoms with E-state index >= 15 is 0 Å². The third-order valence-corrected chi connectivity index (χ3v) is 8.78. The van der Waals surface area contributed by atoms with Crippen LogP contribution in [0.15, 0.2) is 53.4 Å². The van der Waals surface area contributed by atoms with Crippen LogP contribution in [0.1, 0.15) is 29.3 Å². The average Bonchev–Trinajstić information content (AvgIpc) is 3.47. The van der Waals surface area contributed by atoms with Gasteiger partial charge in [-0.2, -0.15) is 0 Å². The van der Waals surface area contributed by atoms with E-state index in [4.69, 9.17) is 21.0 Å². The molecule has 0 aliphatic carbocycles. The Morgan fingerprint density at radius 1 is 1.00 bits per heavy atom. The number of phenols is 2. The fourth-order valence-electron chi connectivity index (χ4n) is 5.30. The molecular weight excluding hydrogens is 650 g/mol. The van der Waals surface area contributed by atoms with E-state index in [9.17, 15) is 43.5 Å². The summed E-state index contributed by atoms with van der Waals surface area (Å²) in [5, 5.41) is 70.6. The zero-order valence-electron chi connectivity index (χ0n) is 25.2. The average molecular weight is 684 g/mol. The van der Waals surface area contributed by atoms with Crippen molar-refractivity contribution in [1.29, 1.82) is 5.41 Å². The van der Waals surface area contributed by atoms with Gasteiger partial charge in [0.15, 0.2) is 6.29 Å². The largest absolute Gasteiger partial charge is 0.507 e. The molecule has 48 heavy (non-hydrogen) atoms. The Kier molecular flexibility index (Phi) is 9.40. The van der Waals surface area contributed by atoms with Gasteiger partial charge in [0.25, 0.3) is 5.91 Å². The van der Waals surface area contributed by atoms with Crippen molar-refractivity contribution >= 4 is 38.7 Å². The topological polar surface area (TPSA) is 307 Å². The number of amidine groups is 1. The van der Waals surface area contributed by atoms with Gasteiger partial charge in [-0.15, -0.1) is 0 Å². The molecule has 4 aromatic rings. The number of aliphatic hydroxyl groups is 3. The first kappa shape index (κ1) is 34.2. The number of carbonyl (C=O) groups excluding carboxylic acids is 2. The number of aromatic nitrogens is 2. The van der Waals surface area contributed by atoms with Crippen LogP contribution in [0.4, 0.5) is 0 Å². The molecule has 254 valence electrons. The number of nitrogen functional groups attached to an aromatic ring is 1. The van der Waals surface area contributed by atoms with E-state index in [1.807, 2.05) is 0 Å². The van der Waals surface area contributed by atoms with Crippen molar-refractivity contribution in [3.05, 3.63) is 59.7 Å². The molecule has 5 unspecified atom stereocenters. The molecule has 1 aliphatic rings. The maximum Gasteiger partial charge on any atom is 0.251 e. The zero-order valence-corrected chi connectivity index (χ0v) is 26.0. The van der Waals surface area contributed by atoms with Crippen LogP contribution in [0.5, 0.6) is 11.5 Å². The first-order chi connectivity index (χ1) is 22.6. The lowest BCUT2D eigenvalue weighted by Crippen LogP contribution is -2.64. The molecule has 1 aliphatic heterocycles.